The lowest BCUT2D eigenvalue weighted by molar-refractivity contribution is -0.129. The number of rotatable bonds is 12. The van der Waals surface area contributed by atoms with Crippen molar-refractivity contribution in [1.29, 1.82) is 0 Å². The lowest BCUT2D eigenvalue weighted by atomic mass is 9.95. The third-order valence-corrected chi connectivity index (χ3v) is 8.67. The minimum atomic E-state index is -0.401. The average Bonchev–Trinajstić information content (AvgIpc) is 3.35. The molecule has 0 fully saturated rings. The third-order valence-electron chi connectivity index (χ3n) is 7.46. The highest BCUT2D eigenvalue weighted by Crippen LogP contribution is 2.38. The molecule has 8 nitrogen and oxygen atoms in total. The molecule has 0 spiro atoms. The summed E-state index contributed by atoms with van der Waals surface area (Å²) in [5, 5.41) is 7.53. The van der Waals surface area contributed by atoms with Gasteiger partial charge in [-0.1, -0.05) is 38.1 Å². The fraction of sp³-hybridized carbons (Fsp3) is 0.375. The first-order chi connectivity index (χ1) is 20.3. The van der Waals surface area contributed by atoms with E-state index in [0.717, 1.165) is 61.3 Å². The summed E-state index contributed by atoms with van der Waals surface area (Å²) in [6, 6.07) is 13.0. The summed E-state index contributed by atoms with van der Waals surface area (Å²) in [5.41, 5.74) is 5.92. The van der Waals surface area contributed by atoms with Crippen molar-refractivity contribution < 1.29 is 18.8 Å². The summed E-state index contributed by atoms with van der Waals surface area (Å²) in [7, 11) is 0. The Bertz CT molecular complexity index is 1430. The Morgan fingerprint density at radius 1 is 1.00 bits per heavy atom. The van der Waals surface area contributed by atoms with Gasteiger partial charge in [-0.05, 0) is 79.7 Å². The number of hydrazone groups is 1. The van der Waals surface area contributed by atoms with Gasteiger partial charge in [0.15, 0.2) is 0 Å². The highest BCUT2D eigenvalue weighted by molar-refractivity contribution is 7.17. The molecule has 2 N–H and O–H groups in total. The first-order valence-electron chi connectivity index (χ1n) is 14.4. The SMILES string of the molecule is CCN(CC)CCN(Cc1cccc(C(=O)Nc2sc3c(c2C(=O)NN=Cc2ccc(F)cc2)CCCC3)c1)C(C)=O. The van der Waals surface area contributed by atoms with Gasteiger partial charge in [0.1, 0.15) is 10.8 Å². The number of aryl methyl sites for hydroxylation is 1. The first-order valence-corrected chi connectivity index (χ1v) is 15.2. The summed E-state index contributed by atoms with van der Waals surface area (Å²) < 4.78 is 13.2. The number of halogens is 1. The summed E-state index contributed by atoms with van der Waals surface area (Å²) in [4.78, 5) is 44.2. The van der Waals surface area contributed by atoms with E-state index in [9.17, 15) is 18.8 Å². The van der Waals surface area contributed by atoms with Crippen LogP contribution in [0.4, 0.5) is 9.39 Å². The van der Waals surface area contributed by atoms with Crippen LogP contribution >= 0.6 is 11.3 Å². The van der Waals surface area contributed by atoms with Crippen LogP contribution in [0.25, 0.3) is 0 Å². The molecule has 0 unspecified atom stereocenters. The maximum atomic E-state index is 13.4. The zero-order valence-electron chi connectivity index (χ0n) is 24.4. The molecular formula is C32H38FN5O3S. The number of thiophene rings is 1. The molecule has 0 saturated heterocycles. The van der Waals surface area contributed by atoms with Crippen molar-refractivity contribution in [2.75, 3.05) is 31.5 Å². The molecule has 2 aromatic carbocycles. The van der Waals surface area contributed by atoms with Crippen molar-refractivity contribution in [3.05, 3.63) is 87.0 Å². The molecule has 0 saturated carbocycles. The zero-order valence-corrected chi connectivity index (χ0v) is 25.2. The molecular weight excluding hydrogens is 553 g/mol. The van der Waals surface area contributed by atoms with E-state index in [0.29, 0.717) is 34.8 Å². The summed E-state index contributed by atoms with van der Waals surface area (Å²) >= 11 is 1.43. The van der Waals surface area contributed by atoms with Gasteiger partial charge in [-0.2, -0.15) is 5.10 Å². The van der Waals surface area contributed by atoms with Crippen LogP contribution in [-0.2, 0) is 24.2 Å². The number of likely N-dealkylation sites (N-methyl/N-ethyl adjacent to an activating group) is 1. The van der Waals surface area contributed by atoms with E-state index in [1.54, 1.807) is 36.1 Å². The number of nitrogens with zero attached hydrogens (tertiary/aromatic N) is 3. The van der Waals surface area contributed by atoms with Crippen LogP contribution < -0.4 is 10.7 Å². The number of anilines is 1. The number of fused-ring (bicyclic) bond motifs is 1. The molecule has 3 amide bonds. The van der Waals surface area contributed by atoms with E-state index in [-0.39, 0.29) is 17.6 Å². The van der Waals surface area contributed by atoms with Crippen molar-refractivity contribution in [2.45, 2.75) is 53.0 Å². The Balaban J connectivity index is 1.49. The van der Waals surface area contributed by atoms with Gasteiger partial charge in [0.25, 0.3) is 11.8 Å². The zero-order chi connectivity index (χ0) is 30.1. The Morgan fingerprint density at radius 3 is 2.45 bits per heavy atom. The molecule has 0 aliphatic heterocycles. The average molecular weight is 592 g/mol. The Kier molecular flexibility index (Phi) is 11.0. The van der Waals surface area contributed by atoms with Crippen molar-refractivity contribution in [3.63, 3.8) is 0 Å². The largest absolute Gasteiger partial charge is 0.337 e. The molecule has 222 valence electrons. The van der Waals surface area contributed by atoms with Crippen LogP contribution in [0.15, 0.2) is 53.6 Å². The molecule has 10 heteroatoms. The Hall–Kier alpha value is -3.89. The van der Waals surface area contributed by atoms with E-state index in [4.69, 9.17) is 0 Å². The molecule has 1 heterocycles. The van der Waals surface area contributed by atoms with Crippen LogP contribution in [0.2, 0.25) is 0 Å². The minimum absolute atomic E-state index is 0.0149. The van der Waals surface area contributed by atoms with Crippen molar-refractivity contribution >= 4 is 40.3 Å². The van der Waals surface area contributed by atoms with Crippen molar-refractivity contribution in [1.82, 2.24) is 15.2 Å². The van der Waals surface area contributed by atoms with Gasteiger partial charge in [0, 0.05) is 37.0 Å². The first kappa shape index (κ1) is 31.1. The maximum absolute atomic E-state index is 13.4. The van der Waals surface area contributed by atoms with Crippen LogP contribution in [0.1, 0.15) is 75.9 Å². The van der Waals surface area contributed by atoms with Gasteiger partial charge in [-0.3, -0.25) is 14.4 Å². The third kappa shape index (κ3) is 8.10. The standard InChI is InChI=1S/C32H38FN5O3S/c1-4-37(5-2)17-18-38(22(3)39)21-24-9-8-10-25(19-24)30(40)35-32-29(27-11-6-7-12-28(27)42-32)31(41)36-34-20-23-13-15-26(33)16-14-23/h8-10,13-16,19-20H,4-7,11-12,17-18,21H2,1-3H3,(H,35,40)(H,36,41). The van der Waals surface area contributed by atoms with Gasteiger partial charge in [0.2, 0.25) is 5.91 Å². The molecule has 3 aromatic rings. The van der Waals surface area contributed by atoms with E-state index >= 15 is 0 Å². The highest BCUT2D eigenvalue weighted by atomic mass is 32.1. The smallest absolute Gasteiger partial charge is 0.274 e. The van der Waals surface area contributed by atoms with Gasteiger partial charge in [-0.25, -0.2) is 9.82 Å². The van der Waals surface area contributed by atoms with E-state index in [1.807, 2.05) is 12.1 Å². The molecule has 1 aliphatic carbocycles. The van der Waals surface area contributed by atoms with Crippen LogP contribution in [0.3, 0.4) is 0 Å². The van der Waals surface area contributed by atoms with Crippen LogP contribution in [-0.4, -0.2) is 59.9 Å². The number of benzene rings is 2. The number of carbonyl (C=O) groups excluding carboxylic acids is 3. The van der Waals surface area contributed by atoms with E-state index in [1.165, 1.54) is 29.7 Å². The van der Waals surface area contributed by atoms with Gasteiger partial charge in [0.05, 0.1) is 11.8 Å². The van der Waals surface area contributed by atoms with Crippen molar-refractivity contribution in [3.8, 4) is 0 Å². The lowest BCUT2D eigenvalue weighted by Gasteiger charge is -2.25. The molecule has 1 aromatic heterocycles. The minimum Gasteiger partial charge on any atom is -0.337 e. The number of nitrogens with one attached hydrogen (secondary N) is 2. The number of hydrogen-bond donors (Lipinski definition) is 2. The van der Waals surface area contributed by atoms with E-state index in [2.05, 4.69) is 34.6 Å². The quantitative estimate of drug-likeness (QED) is 0.216. The van der Waals surface area contributed by atoms with E-state index < -0.39 is 5.91 Å². The maximum Gasteiger partial charge on any atom is 0.274 e. The predicted molar refractivity (Wildman–Crippen MR) is 166 cm³/mol. The molecule has 42 heavy (non-hydrogen) atoms. The molecule has 4 rings (SSSR count). The molecule has 0 atom stereocenters. The number of amides is 3. The fourth-order valence-electron chi connectivity index (χ4n) is 5.02. The second-order valence-electron chi connectivity index (χ2n) is 10.3. The van der Waals surface area contributed by atoms with Crippen LogP contribution in [0.5, 0.6) is 0 Å². The number of carbonyl (C=O) groups is 3. The highest BCUT2D eigenvalue weighted by Gasteiger charge is 2.26. The van der Waals surface area contributed by atoms with Crippen LogP contribution in [0, 0.1) is 5.82 Å². The predicted octanol–water partition coefficient (Wildman–Crippen LogP) is 5.47. The molecule has 1 aliphatic rings. The molecule has 0 radical (unpaired) electrons. The summed E-state index contributed by atoms with van der Waals surface area (Å²) in [5.74, 6) is -1.09. The van der Waals surface area contributed by atoms with Gasteiger partial charge < -0.3 is 15.1 Å². The van der Waals surface area contributed by atoms with Gasteiger partial charge in [-0.15, -0.1) is 11.3 Å². The molecule has 0 bridgehead atoms. The summed E-state index contributed by atoms with van der Waals surface area (Å²) in [6.45, 7) is 9.41. The summed E-state index contributed by atoms with van der Waals surface area (Å²) in [6.07, 6.45) is 5.08. The normalized spacial score (nSPS) is 12.8. The fourth-order valence-corrected chi connectivity index (χ4v) is 6.30. The second-order valence-corrected chi connectivity index (χ2v) is 11.4. The Morgan fingerprint density at radius 2 is 1.74 bits per heavy atom. The Labute approximate surface area is 250 Å². The monoisotopic (exact) mass is 591 g/mol. The number of hydrogen-bond acceptors (Lipinski definition) is 6. The van der Waals surface area contributed by atoms with Crippen molar-refractivity contribution in [2.24, 2.45) is 5.10 Å². The topological polar surface area (TPSA) is 94.1 Å². The lowest BCUT2D eigenvalue weighted by Crippen LogP contribution is -2.37. The second kappa shape index (κ2) is 14.8. The van der Waals surface area contributed by atoms with Gasteiger partial charge >= 0.3 is 0 Å².